The van der Waals surface area contributed by atoms with E-state index in [1.807, 2.05) is 18.2 Å². The second-order valence-corrected chi connectivity index (χ2v) is 7.47. The van der Waals surface area contributed by atoms with Crippen LogP contribution in [0.5, 0.6) is 0 Å². The molecular formula is C9H11N3O3S3. The Kier molecular flexibility index (Phi) is 4.51. The van der Waals surface area contributed by atoms with E-state index in [1.165, 1.54) is 11.7 Å². The molecule has 1 aromatic heterocycles. The molecule has 0 radical (unpaired) electrons. The van der Waals surface area contributed by atoms with Crippen LogP contribution >= 0.6 is 22.5 Å². The Bertz CT molecular complexity index is 626. The van der Waals surface area contributed by atoms with E-state index in [4.69, 9.17) is 4.55 Å². The highest BCUT2D eigenvalue weighted by Crippen LogP contribution is 2.16. The van der Waals surface area contributed by atoms with Gasteiger partial charge in [-0.25, -0.2) is 0 Å². The molecule has 0 saturated carbocycles. The van der Waals surface area contributed by atoms with Gasteiger partial charge in [0.2, 0.25) is 0 Å². The molecule has 98 valence electrons. The van der Waals surface area contributed by atoms with E-state index in [1.54, 1.807) is 0 Å². The van der Waals surface area contributed by atoms with Gasteiger partial charge in [-0.3, -0.25) is 4.55 Å². The van der Waals surface area contributed by atoms with Gasteiger partial charge in [-0.1, -0.05) is 12.1 Å². The van der Waals surface area contributed by atoms with Crippen LogP contribution in [0.15, 0.2) is 18.2 Å². The summed E-state index contributed by atoms with van der Waals surface area (Å²) < 4.78 is 37.8. The zero-order valence-electron chi connectivity index (χ0n) is 9.24. The van der Waals surface area contributed by atoms with Gasteiger partial charge in [0.15, 0.2) is 0 Å². The van der Waals surface area contributed by atoms with Gasteiger partial charge >= 0.3 is 9.15 Å². The highest BCUT2D eigenvalue weighted by molar-refractivity contribution is 8.69. The molecule has 0 saturated heterocycles. The first kappa shape index (κ1) is 13.7. The van der Waals surface area contributed by atoms with E-state index in [0.29, 0.717) is 29.6 Å². The summed E-state index contributed by atoms with van der Waals surface area (Å²) in [5.41, 5.74) is 2.77. The molecule has 0 unspecified atom stereocenters. The van der Waals surface area contributed by atoms with E-state index in [0.717, 1.165) is 16.6 Å². The minimum absolute atomic E-state index is 0.296. The van der Waals surface area contributed by atoms with Crippen LogP contribution in [0, 0.1) is 0 Å². The van der Waals surface area contributed by atoms with Gasteiger partial charge in [-0.05, 0) is 22.4 Å². The lowest BCUT2D eigenvalue weighted by Crippen LogP contribution is -2.17. The van der Waals surface area contributed by atoms with Crippen molar-refractivity contribution >= 4 is 42.7 Å². The second-order valence-electron chi connectivity index (χ2n) is 3.48. The van der Waals surface area contributed by atoms with Gasteiger partial charge in [0.1, 0.15) is 11.0 Å². The molecule has 0 aliphatic rings. The highest BCUT2D eigenvalue weighted by atomic mass is 33.1. The third-order valence-corrected chi connectivity index (χ3v) is 4.80. The molecule has 0 spiro atoms. The standard InChI is InChI=1S/C9H11N3O3S3/c13-18(14,15)16-5-4-10-6-7-2-1-3-8-9(7)12-17-11-8/h1-3,10H,4-6H2,(H,13,14,15). The first-order chi connectivity index (χ1) is 8.56. The maximum Gasteiger partial charge on any atom is 0.319 e. The molecule has 0 aliphatic heterocycles. The number of nitrogens with zero attached hydrogens (tertiary/aromatic N) is 2. The van der Waals surface area contributed by atoms with Crippen LogP contribution in [-0.2, 0) is 15.7 Å². The summed E-state index contributed by atoms with van der Waals surface area (Å²) in [7, 11) is -3.43. The molecule has 2 N–H and O–H groups in total. The lowest BCUT2D eigenvalue weighted by molar-refractivity contribution is 0.503. The minimum Gasteiger partial charge on any atom is -0.312 e. The zero-order valence-corrected chi connectivity index (χ0v) is 11.7. The smallest absolute Gasteiger partial charge is 0.312 e. The molecule has 1 aromatic carbocycles. The zero-order chi connectivity index (χ0) is 13.0. The van der Waals surface area contributed by atoms with Crippen LogP contribution in [0.2, 0.25) is 0 Å². The first-order valence-corrected chi connectivity index (χ1v) is 8.76. The molecule has 0 atom stereocenters. The van der Waals surface area contributed by atoms with Crippen LogP contribution in [0.1, 0.15) is 5.56 Å². The van der Waals surface area contributed by atoms with E-state index in [9.17, 15) is 8.42 Å². The van der Waals surface area contributed by atoms with Gasteiger partial charge in [-0.15, -0.1) is 0 Å². The third-order valence-electron chi connectivity index (χ3n) is 2.20. The first-order valence-electron chi connectivity index (χ1n) is 5.09. The number of rotatable bonds is 6. The van der Waals surface area contributed by atoms with Crippen molar-refractivity contribution in [1.82, 2.24) is 14.1 Å². The SMILES string of the molecule is O=S(=O)(O)SCCNCc1cccc2nsnc12. The number of fused-ring (bicyclic) bond motifs is 1. The third kappa shape index (κ3) is 3.89. The van der Waals surface area contributed by atoms with Crippen molar-refractivity contribution in [1.29, 1.82) is 0 Å². The van der Waals surface area contributed by atoms with Crippen LogP contribution in [0.4, 0.5) is 0 Å². The van der Waals surface area contributed by atoms with Crippen molar-refractivity contribution in [3.8, 4) is 0 Å². The highest BCUT2D eigenvalue weighted by Gasteiger charge is 2.06. The fraction of sp³-hybridized carbons (Fsp3) is 0.333. The van der Waals surface area contributed by atoms with Gasteiger partial charge in [0, 0.05) is 18.8 Å². The van der Waals surface area contributed by atoms with Crippen LogP contribution in [-0.4, -0.2) is 34.0 Å². The van der Waals surface area contributed by atoms with Gasteiger partial charge < -0.3 is 5.32 Å². The molecular weight excluding hydrogens is 294 g/mol. The molecule has 9 heteroatoms. The van der Waals surface area contributed by atoms with Gasteiger partial charge in [0.05, 0.1) is 11.7 Å². The maximum atomic E-state index is 10.5. The lowest BCUT2D eigenvalue weighted by Gasteiger charge is -2.04. The average molecular weight is 305 g/mol. The fourth-order valence-electron chi connectivity index (χ4n) is 1.45. The molecule has 6 nitrogen and oxygen atoms in total. The number of benzene rings is 1. The number of nitrogens with one attached hydrogen (secondary N) is 1. The average Bonchev–Trinajstić information content (AvgIpc) is 2.75. The molecule has 2 aromatic rings. The van der Waals surface area contributed by atoms with Crippen molar-refractivity contribution in [2.45, 2.75) is 6.54 Å². The summed E-state index contributed by atoms with van der Waals surface area (Å²) in [6.45, 7) is 1.08. The molecule has 0 aliphatic carbocycles. The van der Waals surface area contributed by atoms with E-state index < -0.39 is 9.15 Å². The van der Waals surface area contributed by atoms with Crippen LogP contribution < -0.4 is 5.32 Å². The number of aromatic nitrogens is 2. The van der Waals surface area contributed by atoms with Gasteiger partial charge in [-0.2, -0.15) is 17.2 Å². The Hall–Kier alpha value is -0.740. The molecule has 0 amide bonds. The van der Waals surface area contributed by atoms with Crippen molar-refractivity contribution in [3.05, 3.63) is 23.8 Å². The summed E-state index contributed by atoms with van der Waals surface area (Å²) in [6.07, 6.45) is 0. The van der Waals surface area contributed by atoms with Crippen LogP contribution in [0.3, 0.4) is 0 Å². The summed E-state index contributed by atoms with van der Waals surface area (Å²) in [5.74, 6) is 0.296. The summed E-state index contributed by atoms with van der Waals surface area (Å²) in [4.78, 5) is 0. The number of hydrogen-bond acceptors (Lipinski definition) is 7. The number of hydrogen-bond donors (Lipinski definition) is 2. The quantitative estimate of drug-likeness (QED) is 0.472. The molecule has 0 fully saturated rings. The van der Waals surface area contributed by atoms with E-state index in [-0.39, 0.29) is 0 Å². The van der Waals surface area contributed by atoms with E-state index >= 15 is 0 Å². The molecule has 2 rings (SSSR count). The Labute approximate surface area is 112 Å². The minimum atomic E-state index is -3.94. The second kappa shape index (κ2) is 5.93. The van der Waals surface area contributed by atoms with Gasteiger partial charge in [0.25, 0.3) is 0 Å². The molecule has 1 heterocycles. The Morgan fingerprint density at radius 2 is 2.22 bits per heavy atom. The molecule has 0 bridgehead atoms. The largest absolute Gasteiger partial charge is 0.319 e. The Morgan fingerprint density at radius 1 is 1.39 bits per heavy atom. The Balaban J connectivity index is 1.85. The summed E-state index contributed by atoms with van der Waals surface area (Å²) in [5, 5.41) is 3.10. The topological polar surface area (TPSA) is 92.2 Å². The monoisotopic (exact) mass is 305 g/mol. The predicted octanol–water partition coefficient (Wildman–Crippen LogP) is 1.32. The Morgan fingerprint density at radius 3 is 3.00 bits per heavy atom. The maximum absolute atomic E-state index is 10.5. The predicted molar refractivity (Wildman–Crippen MR) is 73.1 cm³/mol. The molecule has 18 heavy (non-hydrogen) atoms. The van der Waals surface area contributed by atoms with Crippen LogP contribution in [0.25, 0.3) is 11.0 Å². The van der Waals surface area contributed by atoms with Crippen molar-refractivity contribution in [2.24, 2.45) is 0 Å². The summed E-state index contributed by atoms with van der Waals surface area (Å²) in [6, 6.07) is 5.76. The normalized spacial score (nSPS) is 12.1. The van der Waals surface area contributed by atoms with Crippen molar-refractivity contribution in [3.63, 3.8) is 0 Å². The summed E-state index contributed by atoms with van der Waals surface area (Å²) >= 11 is 1.17. The van der Waals surface area contributed by atoms with E-state index in [2.05, 4.69) is 14.1 Å². The fourth-order valence-corrected chi connectivity index (χ4v) is 3.34. The van der Waals surface area contributed by atoms with Crippen molar-refractivity contribution in [2.75, 3.05) is 12.3 Å². The van der Waals surface area contributed by atoms with Crippen molar-refractivity contribution < 1.29 is 13.0 Å². The lowest BCUT2D eigenvalue weighted by atomic mass is 10.2.